The maximum absolute atomic E-state index is 12.4. The molecule has 1 fully saturated rings. The van der Waals surface area contributed by atoms with Gasteiger partial charge in [-0.25, -0.2) is 15.0 Å². The Morgan fingerprint density at radius 3 is 1.91 bits per heavy atom. The molecule has 0 bridgehead atoms. The molecule has 0 aliphatic carbocycles. The fourth-order valence-corrected chi connectivity index (χ4v) is 5.54. The number of piperazine rings is 1. The molecule has 13 nitrogen and oxygen atoms in total. The second-order valence-corrected chi connectivity index (χ2v) is 12.1. The quantitative estimate of drug-likeness (QED) is 0.258. The Morgan fingerprint density at radius 2 is 1.33 bits per heavy atom. The van der Waals surface area contributed by atoms with Gasteiger partial charge in [-0.3, -0.25) is 4.98 Å². The summed E-state index contributed by atoms with van der Waals surface area (Å²) in [6, 6.07) is 10.2. The Labute approximate surface area is 263 Å². The van der Waals surface area contributed by atoms with E-state index in [2.05, 4.69) is 59.7 Å². The van der Waals surface area contributed by atoms with Gasteiger partial charge in [0.15, 0.2) is 11.3 Å². The van der Waals surface area contributed by atoms with Gasteiger partial charge < -0.3 is 25.5 Å². The van der Waals surface area contributed by atoms with Crippen molar-refractivity contribution in [2.45, 2.75) is 45.9 Å². The highest BCUT2D eigenvalue weighted by atomic mass is 32.2. The van der Waals surface area contributed by atoms with Crippen LogP contribution in [0.3, 0.4) is 0 Å². The third-order valence-electron chi connectivity index (χ3n) is 7.29. The van der Waals surface area contributed by atoms with Crippen LogP contribution in [-0.4, -0.2) is 76.4 Å². The minimum absolute atomic E-state index is 0. The summed E-state index contributed by atoms with van der Waals surface area (Å²) in [4.78, 5) is 30.1. The summed E-state index contributed by atoms with van der Waals surface area (Å²) >= 11 is 0. The van der Waals surface area contributed by atoms with E-state index in [0.29, 0.717) is 11.5 Å². The second kappa shape index (κ2) is 13.9. The zero-order chi connectivity index (χ0) is 31.4. The van der Waals surface area contributed by atoms with Crippen LogP contribution in [0.15, 0.2) is 53.7 Å². The van der Waals surface area contributed by atoms with Crippen LogP contribution < -0.4 is 20.6 Å². The molecule has 4 N–H and O–H groups in total. The van der Waals surface area contributed by atoms with Crippen LogP contribution in [0.4, 0.5) is 17.7 Å². The number of aromatic nitrogens is 6. The Morgan fingerprint density at radius 1 is 0.800 bits per heavy atom. The highest BCUT2D eigenvalue weighted by molar-refractivity contribution is 7.87. The van der Waals surface area contributed by atoms with Crippen molar-refractivity contribution in [2.24, 2.45) is 0 Å². The summed E-state index contributed by atoms with van der Waals surface area (Å²) < 4.78 is 30.1. The predicted molar refractivity (Wildman–Crippen MR) is 178 cm³/mol. The third-order valence-corrected chi connectivity index (χ3v) is 8.51. The van der Waals surface area contributed by atoms with Crippen molar-refractivity contribution in [1.82, 2.24) is 34.8 Å². The molecule has 238 valence electrons. The zero-order valence-corrected chi connectivity index (χ0v) is 26.0. The largest absolute Gasteiger partial charge is 0.368 e. The number of hydrogen-bond acceptors (Lipinski definition) is 13. The maximum atomic E-state index is 12.4. The molecule has 5 heterocycles. The van der Waals surface area contributed by atoms with Crippen molar-refractivity contribution >= 4 is 49.9 Å². The van der Waals surface area contributed by atoms with Crippen LogP contribution >= 0.6 is 0 Å². The van der Waals surface area contributed by atoms with Gasteiger partial charge in [-0.1, -0.05) is 39.0 Å². The van der Waals surface area contributed by atoms with E-state index in [4.69, 9.17) is 15.7 Å². The third kappa shape index (κ3) is 7.70. The fourth-order valence-electron chi connectivity index (χ4n) is 4.65. The SMILES string of the molecule is C.CCc1cnc2c(N3CCN(C)CC3)nc(N)nc2c1.CCc1cnc2c(OS(=O)(=O)c3ccc(C)cc3)nc(N)nc2c1. The first-order valence-electron chi connectivity index (χ1n) is 14.3. The molecule has 0 radical (unpaired) electrons. The molecule has 0 atom stereocenters. The number of aryl methyl sites for hydroxylation is 3. The zero-order valence-electron chi connectivity index (χ0n) is 25.2. The number of pyridine rings is 2. The van der Waals surface area contributed by atoms with Crippen LogP contribution in [0, 0.1) is 6.92 Å². The van der Waals surface area contributed by atoms with Gasteiger partial charge in [0.1, 0.15) is 10.4 Å². The van der Waals surface area contributed by atoms with Crippen molar-refractivity contribution in [2.75, 3.05) is 49.6 Å². The Bertz CT molecular complexity index is 1890. The van der Waals surface area contributed by atoms with E-state index in [0.717, 1.165) is 67.0 Å². The van der Waals surface area contributed by atoms with E-state index in [1.165, 1.54) is 17.7 Å². The van der Waals surface area contributed by atoms with E-state index in [9.17, 15) is 8.42 Å². The number of nitrogen functional groups attached to an aromatic ring is 2. The molecule has 1 saturated heterocycles. The number of rotatable bonds is 6. The van der Waals surface area contributed by atoms with Gasteiger partial charge in [-0.2, -0.15) is 18.4 Å². The van der Waals surface area contributed by atoms with Gasteiger partial charge in [0.25, 0.3) is 5.88 Å². The van der Waals surface area contributed by atoms with Crippen molar-refractivity contribution in [1.29, 1.82) is 0 Å². The van der Waals surface area contributed by atoms with E-state index >= 15 is 0 Å². The van der Waals surface area contributed by atoms with Crippen molar-refractivity contribution < 1.29 is 12.6 Å². The summed E-state index contributed by atoms with van der Waals surface area (Å²) in [5.41, 5.74) is 17.0. The average molecular weight is 633 g/mol. The summed E-state index contributed by atoms with van der Waals surface area (Å²) in [6.45, 7) is 9.89. The monoisotopic (exact) mass is 632 g/mol. The number of nitrogens with zero attached hydrogens (tertiary/aromatic N) is 8. The highest BCUT2D eigenvalue weighted by Crippen LogP contribution is 2.26. The molecule has 1 aliphatic heterocycles. The van der Waals surface area contributed by atoms with Crippen LogP contribution in [-0.2, 0) is 23.0 Å². The summed E-state index contributed by atoms with van der Waals surface area (Å²) in [7, 11) is -1.91. The molecule has 14 heteroatoms. The van der Waals surface area contributed by atoms with Crippen LogP contribution in [0.25, 0.3) is 22.1 Å². The first kappa shape index (κ1) is 33.2. The highest BCUT2D eigenvalue weighted by Gasteiger charge is 2.21. The Kier molecular flexibility index (Phi) is 10.3. The number of benzene rings is 1. The van der Waals surface area contributed by atoms with Crippen molar-refractivity contribution in [3.05, 3.63) is 65.5 Å². The lowest BCUT2D eigenvalue weighted by Gasteiger charge is -2.33. The predicted octanol–water partition coefficient (Wildman–Crippen LogP) is 3.80. The molecule has 4 aromatic heterocycles. The molecular weight excluding hydrogens is 592 g/mol. The van der Waals surface area contributed by atoms with Gasteiger partial charge in [0, 0.05) is 38.6 Å². The van der Waals surface area contributed by atoms with Gasteiger partial charge >= 0.3 is 10.1 Å². The standard InChI is InChI=1S/C16H16N4O3S.C14H20N6.CH4/c1-3-11-8-13-14(18-9-11)15(20-16(17)19-13)23-24(21,22)12-6-4-10(2)5-7-12;1-3-10-8-11-12(16-9-10)13(18-14(15)17-11)20-6-4-19(2)5-7-20;/h4-9H,3H2,1-2H3,(H2,17,19,20);8-9H,3-7H2,1-2H3,(H2,15,17,18);1H4. The Balaban J connectivity index is 0.000000203. The molecule has 45 heavy (non-hydrogen) atoms. The van der Waals surface area contributed by atoms with Gasteiger partial charge in [-0.15, -0.1) is 0 Å². The molecule has 5 aromatic rings. The summed E-state index contributed by atoms with van der Waals surface area (Å²) in [5.74, 6) is 0.928. The molecule has 1 aliphatic rings. The number of anilines is 3. The number of nitrogens with two attached hydrogens (primary N) is 2. The first-order chi connectivity index (χ1) is 21.1. The van der Waals surface area contributed by atoms with E-state index in [1.54, 1.807) is 24.4 Å². The number of likely N-dealkylation sites (N-methyl/N-ethyl adjacent to an activating group) is 1. The lowest BCUT2D eigenvalue weighted by molar-refractivity contribution is 0.312. The number of fused-ring (bicyclic) bond motifs is 2. The van der Waals surface area contributed by atoms with Gasteiger partial charge in [0.2, 0.25) is 11.9 Å². The molecular formula is C31H40N10O3S. The van der Waals surface area contributed by atoms with Crippen LogP contribution in [0.2, 0.25) is 0 Å². The molecule has 0 amide bonds. The van der Waals surface area contributed by atoms with Crippen LogP contribution in [0.1, 0.15) is 38.0 Å². The first-order valence-corrected chi connectivity index (χ1v) is 15.8. The van der Waals surface area contributed by atoms with Crippen molar-refractivity contribution in [3.8, 4) is 5.88 Å². The van der Waals surface area contributed by atoms with E-state index in [-0.39, 0.29) is 29.7 Å². The van der Waals surface area contributed by atoms with Gasteiger partial charge in [0.05, 0.1) is 11.0 Å². The maximum Gasteiger partial charge on any atom is 0.340 e. The number of hydrogen-bond donors (Lipinski definition) is 2. The molecule has 1 aromatic carbocycles. The fraction of sp³-hybridized carbons (Fsp3) is 0.355. The van der Waals surface area contributed by atoms with E-state index < -0.39 is 10.1 Å². The molecule has 0 spiro atoms. The average Bonchev–Trinajstić information content (AvgIpc) is 3.00. The van der Waals surface area contributed by atoms with Crippen LogP contribution in [0.5, 0.6) is 5.88 Å². The molecule has 0 unspecified atom stereocenters. The Hall–Kier alpha value is -4.69. The minimum Gasteiger partial charge on any atom is -0.368 e. The molecule has 6 rings (SSSR count). The summed E-state index contributed by atoms with van der Waals surface area (Å²) in [5, 5.41) is 0. The molecule has 0 saturated carbocycles. The topological polar surface area (TPSA) is 179 Å². The lowest BCUT2D eigenvalue weighted by atomic mass is 10.2. The normalized spacial score (nSPS) is 13.6. The summed E-state index contributed by atoms with van der Waals surface area (Å²) in [6.07, 6.45) is 5.25. The van der Waals surface area contributed by atoms with E-state index in [1.807, 2.05) is 20.0 Å². The van der Waals surface area contributed by atoms with Crippen molar-refractivity contribution in [3.63, 3.8) is 0 Å². The lowest BCUT2D eigenvalue weighted by Crippen LogP contribution is -2.45. The smallest absolute Gasteiger partial charge is 0.340 e. The minimum atomic E-state index is -4.04. The second-order valence-electron chi connectivity index (χ2n) is 10.6. The van der Waals surface area contributed by atoms with Gasteiger partial charge in [-0.05, 0) is 62.2 Å².